The molecule has 26 heavy (non-hydrogen) atoms. The van der Waals surface area contributed by atoms with E-state index < -0.39 is 0 Å². The third kappa shape index (κ3) is 3.11. The number of hydrogen-bond donors (Lipinski definition) is 1. The Hall–Kier alpha value is -1.94. The number of rotatable bonds is 4. The van der Waals surface area contributed by atoms with E-state index >= 15 is 0 Å². The third-order valence-corrected chi connectivity index (χ3v) is 7.31. The van der Waals surface area contributed by atoms with Crippen LogP contribution in [0.15, 0.2) is 42.7 Å². The van der Waals surface area contributed by atoms with Crippen molar-refractivity contribution in [3.63, 3.8) is 0 Å². The van der Waals surface area contributed by atoms with Crippen LogP contribution in [0.25, 0.3) is 11.3 Å². The van der Waals surface area contributed by atoms with Crippen molar-refractivity contribution in [3.05, 3.63) is 59.0 Å². The van der Waals surface area contributed by atoms with Crippen LogP contribution in [0.2, 0.25) is 5.02 Å². The fraction of sp³-hybridized carbons (Fsp3) is 0.250. The standard InChI is InChI=1S/C20H19ClN2O2Se/c1-20(2)19-18(22-11-23-19)14-8-15(24-3)16(9-17(14)26-20)25-10-12-5-4-6-13(21)7-12/h4-9,11H,10H2,1-3H3,(H,22,23). The van der Waals surface area contributed by atoms with Crippen molar-refractivity contribution in [1.82, 2.24) is 9.97 Å². The summed E-state index contributed by atoms with van der Waals surface area (Å²) in [5.74, 6) is 1.47. The minimum atomic E-state index is 0.0602. The van der Waals surface area contributed by atoms with Crippen molar-refractivity contribution in [3.8, 4) is 22.8 Å². The van der Waals surface area contributed by atoms with Gasteiger partial charge in [-0.25, -0.2) is 0 Å². The summed E-state index contributed by atoms with van der Waals surface area (Å²) in [6, 6.07) is 11.8. The summed E-state index contributed by atoms with van der Waals surface area (Å²) in [6.07, 6.45) is 1.77. The van der Waals surface area contributed by atoms with Crippen LogP contribution < -0.4 is 13.9 Å². The topological polar surface area (TPSA) is 47.1 Å². The second kappa shape index (κ2) is 6.66. The quantitative estimate of drug-likeness (QED) is 0.635. The average Bonchev–Trinajstić information content (AvgIpc) is 3.10. The van der Waals surface area contributed by atoms with Gasteiger partial charge in [-0.3, -0.25) is 0 Å². The van der Waals surface area contributed by atoms with Gasteiger partial charge < -0.3 is 0 Å². The third-order valence-electron chi connectivity index (χ3n) is 4.41. The number of halogens is 1. The molecule has 1 aliphatic rings. The molecule has 0 radical (unpaired) electrons. The van der Waals surface area contributed by atoms with E-state index in [0.717, 1.165) is 28.3 Å². The zero-order valence-electron chi connectivity index (χ0n) is 14.8. The number of fused-ring (bicyclic) bond motifs is 3. The molecule has 2 aromatic carbocycles. The van der Waals surface area contributed by atoms with E-state index in [-0.39, 0.29) is 19.3 Å². The summed E-state index contributed by atoms with van der Waals surface area (Å²) < 4.78 is 13.0. The molecule has 4 rings (SSSR count). The van der Waals surface area contributed by atoms with Crippen molar-refractivity contribution in [1.29, 1.82) is 0 Å². The number of nitrogens with zero attached hydrogens (tertiary/aromatic N) is 1. The van der Waals surface area contributed by atoms with Crippen LogP contribution >= 0.6 is 11.6 Å². The SMILES string of the molecule is COc1cc2c(cc1OCc1cccc(Cl)c1)[Se]C(C)(C)c1[nH]cnc1-2. The number of aromatic amines is 1. The minimum absolute atomic E-state index is 0.0602. The van der Waals surface area contributed by atoms with Gasteiger partial charge in [0, 0.05) is 0 Å². The Labute approximate surface area is 164 Å². The number of benzene rings is 2. The van der Waals surface area contributed by atoms with E-state index in [1.54, 1.807) is 13.4 Å². The van der Waals surface area contributed by atoms with Gasteiger partial charge in [-0.2, -0.15) is 0 Å². The fourth-order valence-corrected chi connectivity index (χ4v) is 5.97. The second-order valence-electron chi connectivity index (χ2n) is 6.66. The van der Waals surface area contributed by atoms with Crippen LogP contribution in [-0.4, -0.2) is 32.0 Å². The molecule has 0 atom stereocenters. The second-order valence-corrected chi connectivity index (χ2v) is 10.6. The number of hydrogen-bond acceptors (Lipinski definition) is 3. The van der Waals surface area contributed by atoms with Crippen molar-refractivity contribution < 1.29 is 9.47 Å². The van der Waals surface area contributed by atoms with Gasteiger partial charge in [0.05, 0.1) is 0 Å². The average molecular weight is 434 g/mol. The van der Waals surface area contributed by atoms with E-state index in [2.05, 4.69) is 29.9 Å². The van der Waals surface area contributed by atoms with Crippen LogP contribution in [0.1, 0.15) is 25.1 Å². The van der Waals surface area contributed by atoms with E-state index in [9.17, 15) is 0 Å². The normalized spacial score (nSPS) is 14.5. The van der Waals surface area contributed by atoms with Gasteiger partial charge in [0.15, 0.2) is 0 Å². The first-order valence-corrected chi connectivity index (χ1v) is 10.4. The van der Waals surface area contributed by atoms with Crippen molar-refractivity contribution >= 4 is 31.0 Å². The summed E-state index contributed by atoms with van der Waals surface area (Å²) in [5.41, 5.74) is 4.36. The fourth-order valence-electron chi connectivity index (χ4n) is 3.15. The maximum absolute atomic E-state index is 6.07. The van der Waals surface area contributed by atoms with E-state index in [1.165, 1.54) is 10.2 Å². The Morgan fingerprint density at radius 1 is 1.19 bits per heavy atom. The molecule has 1 aliphatic heterocycles. The first-order valence-electron chi connectivity index (χ1n) is 8.30. The molecule has 6 heteroatoms. The Morgan fingerprint density at radius 3 is 2.81 bits per heavy atom. The molecule has 0 saturated carbocycles. The van der Waals surface area contributed by atoms with Gasteiger partial charge >= 0.3 is 164 Å². The first kappa shape index (κ1) is 17.5. The van der Waals surface area contributed by atoms with Gasteiger partial charge in [0.2, 0.25) is 0 Å². The zero-order chi connectivity index (χ0) is 18.3. The number of imidazole rings is 1. The van der Waals surface area contributed by atoms with Crippen LogP contribution in [0.5, 0.6) is 11.5 Å². The van der Waals surface area contributed by atoms with Gasteiger partial charge in [0.25, 0.3) is 0 Å². The molecule has 0 aliphatic carbocycles. The van der Waals surface area contributed by atoms with Crippen LogP contribution in [-0.2, 0) is 10.9 Å². The van der Waals surface area contributed by atoms with E-state index in [0.29, 0.717) is 11.6 Å². The first-order chi connectivity index (χ1) is 12.5. The number of ether oxygens (including phenoxy) is 2. The monoisotopic (exact) mass is 434 g/mol. The summed E-state index contributed by atoms with van der Waals surface area (Å²) in [5, 5.41) is 0.708. The van der Waals surface area contributed by atoms with Gasteiger partial charge in [-0.05, 0) is 0 Å². The van der Waals surface area contributed by atoms with Crippen LogP contribution in [0, 0.1) is 0 Å². The summed E-state index contributed by atoms with van der Waals surface area (Å²) >= 11 is 6.31. The number of methoxy groups -OCH3 is 1. The van der Waals surface area contributed by atoms with Gasteiger partial charge in [-0.1, -0.05) is 0 Å². The van der Waals surface area contributed by atoms with Crippen molar-refractivity contribution in [2.75, 3.05) is 7.11 Å². The summed E-state index contributed by atoms with van der Waals surface area (Å²) in [4.78, 5) is 7.86. The molecule has 0 spiro atoms. The number of nitrogens with one attached hydrogen (secondary N) is 1. The Bertz CT molecular complexity index is 968. The predicted octanol–water partition coefficient (Wildman–Crippen LogP) is 3.90. The van der Waals surface area contributed by atoms with Crippen molar-refractivity contribution in [2.24, 2.45) is 0 Å². The molecule has 134 valence electrons. The van der Waals surface area contributed by atoms with Crippen LogP contribution in [0.3, 0.4) is 0 Å². The number of H-pyrrole nitrogens is 1. The predicted molar refractivity (Wildman–Crippen MR) is 105 cm³/mol. The molecule has 1 N–H and O–H groups in total. The van der Waals surface area contributed by atoms with E-state index in [4.69, 9.17) is 21.1 Å². The molecule has 0 amide bonds. The van der Waals surface area contributed by atoms with Crippen LogP contribution in [0.4, 0.5) is 0 Å². The summed E-state index contributed by atoms with van der Waals surface area (Å²) in [7, 11) is 1.66. The van der Waals surface area contributed by atoms with Gasteiger partial charge in [0.1, 0.15) is 0 Å². The van der Waals surface area contributed by atoms with Crippen molar-refractivity contribution in [2.45, 2.75) is 24.8 Å². The van der Waals surface area contributed by atoms with Gasteiger partial charge in [-0.15, -0.1) is 0 Å². The van der Waals surface area contributed by atoms with E-state index in [1.807, 2.05) is 30.3 Å². The molecule has 1 aromatic heterocycles. The number of aromatic nitrogens is 2. The molecule has 0 fully saturated rings. The molecule has 3 aromatic rings. The molecule has 0 saturated heterocycles. The maximum atomic E-state index is 6.07. The molecular weight excluding hydrogens is 415 g/mol. The Balaban J connectivity index is 1.70. The summed E-state index contributed by atoms with van der Waals surface area (Å²) in [6.45, 7) is 4.95. The molecule has 2 heterocycles. The zero-order valence-corrected chi connectivity index (χ0v) is 17.3. The Morgan fingerprint density at radius 2 is 2.04 bits per heavy atom. The molecule has 0 unspecified atom stereocenters. The molecular formula is C20H19ClN2O2Se. The Kier molecular flexibility index (Phi) is 4.47. The molecule has 4 nitrogen and oxygen atoms in total. The molecule has 0 bridgehead atoms.